The summed E-state index contributed by atoms with van der Waals surface area (Å²) in [6, 6.07) is 9.21. The number of phenols is 1. The molecule has 4 unspecified atom stereocenters. The molecule has 3 aliphatic carbocycles. The third kappa shape index (κ3) is 3.60. The van der Waals surface area contributed by atoms with Crippen LogP contribution < -0.4 is 0 Å². The number of ketones is 2. The summed E-state index contributed by atoms with van der Waals surface area (Å²) >= 11 is 1.50. The lowest BCUT2D eigenvalue weighted by atomic mass is 9.59. The number of Topliss-reactive ketones (excluding diaryl/α,β-unsaturated/α-hetero) is 1. The lowest BCUT2D eigenvalue weighted by molar-refractivity contribution is -0.140. The normalized spacial score (nSPS) is 26.6. The van der Waals surface area contributed by atoms with E-state index in [9.17, 15) is 24.3 Å². The third-order valence-electron chi connectivity index (χ3n) is 8.37. The largest absolute Gasteiger partial charge is 0.507 e. The number of hydrogen-bond donors (Lipinski definition) is 1. The Balaban J connectivity index is 1.48. The molecular weight excluding hydrogens is 498 g/mol. The first kappa shape index (κ1) is 24.5. The first-order valence-corrected chi connectivity index (χ1v) is 13.7. The summed E-state index contributed by atoms with van der Waals surface area (Å²) in [5.74, 6) is -2.97. The number of rotatable bonds is 5. The van der Waals surface area contributed by atoms with Crippen molar-refractivity contribution >= 4 is 34.7 Å². The number of amides is 2. The van der Waals surface area contributed by atoms with Gasteiger partial charge < -0.3 is 5.11 Å². The van der Waals surface area contributed by atoms with Crippen molar-refractivity contribution in [1.29, 1.82) is 0 Å². The molecule has 1 aliphatic heterocycles. The molecule has 6 rings (SSSR count). The number of phenolic OH excluding ortho intramolecular Hbond substituents is 1. The maximum Gasteiger partial charge on any atom is 0.234 e. The van der Waals surface area contributed by atoms with Gasteiger partial charge in [-0.1, -0.05) is 42.0 Å². The molecule has 1 aromatic heterocycles. The van der Waals surface area contributed by atoms with Gasteiger partial charge >= 0.3 is 0 Å². The van der Waals surface area contributed by atoms with Gasteiger partial charge in [-0.3, -0.25) is 24.1 Å². The van der Waals surface area contributed by atoms with Crippen LogP contribution >= 0.6 is 11.3 Å². The van der Waals surface area contributed by atoms with Crippen molar-refractivity contribution in [3.63, 3.8) is 0 Å². The highest BCUT2D eigenvalue weighted by Gasteiger charge is 2.56. The van der Waals surface area contributed by atoms with Crippen LogP contribution in [0.1, 0.15) is 41.7 Å². The molecule has 0 radical (unpaired) electrons. The molecule has 0 bridgehead atoms. The fourth-order valence-corrected chi connectivity index (χ4v) is 7.37. The van der Waals surface area contributed by atoms with Crippen molar-refractivity contribution < 1.29 is 24.3 Å². The number of carbonyl (C=O) groups is 4. The number of imide groups is 1. The number of benzene rings is 1. The predicted octanol–water partition coefficient (Wildman–Crippen LogP) is 4.81. The van der Waals surface area contributed by atoms with E-state index < -0.39 is 23.7 Å². The number of hydrogen-bond acceptors (Lipinski definition) is 6. The number of likely N-dealkylation sites (tertiary alicyclic amines) is 1. The van der Waals surface area contributed by atoms with Gasteiger partial charge in [-0.2, -0.15) is 0 Å². The van der Waals surface area contributed by atoms with Crippen LogP contribution in [0.25, 0.3) is 0 Å². The molecule has 1 fully saturated rings. The summed E-state index contributed by atoms with van der Waals surface area (Å²) in [7, 11) is 0. The molecule has 38 heavy (non-hydrogen) atoms. The lowest BCUT2D eigenvalue weighted by Crippen LogP contribution is -2.39. The molecule has 0 saturated carbocycles. The zero-order valence-electron chi connectivity index (χ0n) is 21.0. The number of carbonyl (C=O) groups excluding carboxylic acids is 4. The number of aromatic hydroxyl groups is 1. The summed E-state index contributed by atoms with van der Waals surface area (Å²) < 4.78 is 0. The van der Waals surface area contributed by atoms with E-state index in [1.54, 1.807) is 25.1 Å². The van der Waals surface area contributed by atoms with Crippen molar-refractivity contribution in [2.75, 3.05) is 0 Å². The second-order valence-corrected chi connectivity index (χ2v) is 11.5. The molecule has 192 valence electrons. The third-order valence-corrected chi connectivity index (χ3v) is 9.23. The molecule has 2 heterocycles. The molecule has 0 spiro atoms. The van der Waals surface area contributed by atoms with Crippen molar-refractivity contribution in [2.45, 2.75) is 38.6 Å². The van der Waals surface area contributed by atoms with Crippen LogP contribution in [0.3, 0.4) is 0 Å². The van der Waals surface area contributed by atoms with Gasteiger partial charge in [-0.05, 0) is 55.2 Å². The summed E-state index contributed by atoms with van der Waals surface area (Å²) in [5.41, 5.74) is 3.18. The fourth-order valence-electron chi connectivity index (χ4n) is 6.68. The van der Waals surface area contributed by atoms with Crippen molar-refractivity contribution in [3.8, 4) is 5.75 Å². The summed E-state index contributed by atoms with van der Waals surface area (Å²) in [5, 5.41) is 13.2. The SMILES string of the molecule is C=CCc1cccc(C2C3=CCC4C(=O)N(Cc5cccs5)C(=O)C4C3CC3=C2C(=O)C=C(C)C3=O)c1O. The van der Waals surface area contributed by atoms with Gasteiger partial charge in [0.1, 0.15) is 5.75 Å². The summed E-state index contributed by atoms with van der Waals surface area (Å²) in [6.07, 6.45) is 6.10. The van der Waals surface area contributed by atoms with E-state index in [-0.39, 0.29) is 42.1 Å². The van der Waals surface area contributed by atoms with Crippen molar-refractivity contribution in [2.24, 2.45) is 17.8 Å². The van der Waals surface area contributed by atoms with E-state index in [0.717, 1.165) is 10.5 Å². The Morgan fingerprint density at radius 3 is 2.66 bits per heavy atom. The second-order valence-electron chi connectivity index (χ2n) is 10.4. The molecule has 6 nitrogen and oxygen atoms in total. The Bertz CT molecular complexity index is 1510. The molecule has 7 heteroatoms. The molecule has 4 atom stereocenters. The van der Waals surface area contributed by atoms with E-state index in [1.165, 1.54) is 22.3 Å². The molecule has 1 aromatic carbocycles. The topological polar surface area (TPSA) is 91.8 Å². The van der Waals surface area contributed by atoms with Gasteiger partial charge in [-0.15, -0.1) is 17.9 Å². The Morgan fingerprint density at radius 1 is 1.11 bits per heavy atom. The van der Waals surface area contributed by atoms with E-state index in [2.05, 4.69) is 6.58 Å². The molecule has 1 N–H and O–H groups in total. The predicted molar refractivity (Wildman–Crippen MR) is 143 cm³/mol. The monoisotopic (exact) mass is 525 g/mol. The number of thiophene rings is 1. The molecule has 4 aliphatic rings. The number of fused-ring (bicyclic) bond motifs is 3. The van der Waals surface area contributed by atoms with Gasteiger partial charge in [0.05, 0.1) is 18.4 Å². The maximum absolute atomic E-state index is 13.8. The van der Waals surface area contributed by atoms with Gasteiger partial charge in [0.15, 0.2) is 11.6 Å². The zero-order valence-corrected chi connectivity index (χ0v) is 21.8. The zero-order chi connectivity index (χ0) is 26.7. The van der Waals surface area contributed by atoms with E-state index >= 15 is 0 Å². The highest BCUT2D eigenvalue weighted by molar-refractivity contribution is 7.09. The van der Waals surface area contributed by atoms with Gasteiger partial charge in [0.25, 0.3) is 0 Å². The van der Waals surface area contributed by atoms with Crippen molar-refractivity contribution in [1.82, 2.24) is 4.90 Å². The van der Waals surface area contributed by atoms with Crippen LogP contribution in [0.15, 0.2) is 82.8 Å². The van der Waals surface area contributed by atoms with E-state index in [0.29, 0.717) is 40.7 Å². The van der Waals surface area contributed by atoms with Crippen LogP contribution in [0.5, 0.6) is 5.75 Å². The first-order chi connectivity index (χ1) is 18.3. The molecule has 2 aromatic rings. The van der Waals surface area contributed by atoms with E-state index in [1.807, 2.05) is 29.7 Å². The van der Waals surface area contributed by atoms with Crippen LogP contribution in [-0.4, -0.2) is 33.4 Å². The summed E-state index contributed by atoms with van der Waals surface area (Å²) in [6.45, 7) is 5.64. The molecular formula is C31H27NO5S. The summed E-state index contributed by atoms with van der Waals surface area (Å²) in [4.78, 5) is 56.3. The van der Waals surface area contributed by atoms with Gasteiger partial charge in [-0.25, -0.2) is 0 Å². The van der Waals surface area contributed by atoms with Gasteiger partial charge in [0, 0.05) is 33.1 Å². The first-order valence-electron chi connectivity index (χ1n) is 12.8. The number of nitrogens with zero attached hydrogens (tertiary/aromatic N) is 1. The minimum absolute atomic E-state index is 0.0626. The maximum atomic E-state index is 13.8. The lowest BCUT2D eigenvalue weighted by Gasteiger charge is -2.42. The van der Waals surface area contributed by atoms with Gasteiger partial charge in [0.2, 0.25) is 11.8 Å². The Kier molecular flexibility index (Phi) is 5.91. The Labute approximate surface area is 224 Å². The smallest absolute Gasteiger partial charge is 0.234 e. The quantitative estimate of drug-likeness (QED) is 0.344. The fraction of sp³-hybridized carbons (Fsp3) is 0.290. The minimum atomic E-state index is -0.662. The highest BCUT2D eigenvalue weighted by Crippen LogP contribution is 2.56. The van der Waals surface area contributed by atoms with Crippen molar-refractivity contribution in [3.05, 3.63) is 98.8 Å². The average Bonchev–Trinajstić information content (AvgIpc) is 3.50. The second kappa shape index (κ2) is 9.17. The Hall–Kier alpha value is -3.84. The number of para-hydroxylation sites is 1. The van der Waals surface area contributed by atoms with Crippen LogP contribution in [0.2, 0.25) is 0 Å². The number of allylic oxidation sites excluding steroid dienone is 7. The molecule has 2 amide bonds. The Morgan fingerprint density at radius 2 is 1.92 bits per heavy atom. The van der Waals surface area contributed by atoms with Crippen LogP contribution in [0.4, 0.5) is 0 Å². The highest BCUT2D eigenvalue weighted by atomic mass is 32.1. The minimum Gasteiger partial charge on any atom is -0.507 e. The van der Waals surface area contributed by atoms with Crippen LogP contribution in [-0.2, 0) is 32.1 Å². The van der Waals surface area contributed by atoms with Crippen LogP contribution in [0, 0.1) is 17.8 Å². The standard InChI is InChI=1S/C31H27NO5S/c1-3-6-17-7-4-9-20(29(17)35)25-19-10-11-21-26(31(37)32(30(21)36)15-18-8-5-12-38-18)22(19)14-23-27(25)24(33)13-16(2)28(23)34/h3-5,7-10,12-13,21-22,25-26,35H,1,6,11,14-15H2,2H3. The molecule has 1 saturated heterocycles. The average molecular weight is 526 g/mol. The van der Waals surface area contributed by atoms with E-state index in [4.69, 9.17) is 0 Å².